The van der Waals surface area contributed by atoms with Crippen LogP contribution < -0.4 is 5.14 Å². The van der Waals surface area contributed by atoms with E-state index >= 15 is 0 Å². The van der Waals surface area contributed by atoms with Crippen molar-refractivity contribution in [1.29, 1.82) is 0 Å². The van der Waals surface area contributed by atoms with Gasteiger partial charge in [-0.3, -0.25) is 4.79 Å². The molecule has 0 aromatic heterocycles. The highest BCUT2D eigenvalue weighted by Crippen LogP contribution is 2.59. The standard InChI is InChI=1S/C22H26N2O3S/c1-24(21(25)18-10-11-22(14-18)12-13-22)15-16-6-8-17(9-7-16)19-4-2-3-5-20(19)28(23,26)27/h2-9,18H,10-15H2,1H3,(H2,23,26,27)/t18-/m0/s1. The highest BCUT2D eigenvalue weighted by molar-refractivity contribution is 7.89. The van der Waals surface area contributed by atoms with Gasteiger partial charge in [-0.15, -0.1) is 0 Å². The summed E-state index contributed by atoms with van der Waals surface area (Å²) in [6, 6.07) is 14.4. The minimum absolute atomic E-state index is 0.116. The second-order valence-corrected chi connectivity index (χ2v) is 9.90. The highest BCUT2D eigenvalue weighted by atomic mass is 32.2. The molecule has 0 radical (unpaired) electrons. The lowest BCUT2D eigenvalue weighted by Gasteiger charge is -2.21. The Balaban J connectivity index is 1.46. The summed E-state index contributed by atoms with van der Waals surface area (Å²) in [7, 11) is -1.92. The van der Waals surface area contributed by atoms with E-state index in [1.807, 2.05) is 36.2 Å². The fourth-order valence-corrected chi connectivity index (χ4v) is 5.22. The first-order valence-corrected chi connectivity index (χ1v) is 11.3. The van der Waals surface area contributed by atoms with Crippen molar-refractivity contribution in [2.75, 3.05) is 7.05 Å². The van der Waals surface area contributed by atoms with Crippen LogP contribution in [0.25, 0.3) is 11.1 Å². The number of amides is 1. The highest BCUT2D eigenvalue weighted by Gasteiger charge is 2.50. The lowest BCUT2D eigenvalue weighted by atomic mass is 10.0. The molecule has 0 unspecified atom stereocenters. The van der Waals surface area contributed by atoms with Gasteiger partial charge in [0.15, 0.2) is 0 Å². The third kappa shape index (κ3) is 3.84. The molecule has 2 aliphatic carbocycles. The minimum Gasteiger partial charge on any atom is -0.341 e. The second-order valence-electron chi connectivity index (χ2n) is 8.37. The number of benzene rings is 2. The van der Waals surface area contributed by atoms with E-state index in [9.17, 15) is 13.2 Å². The predicted octanol–water partition coefficient (Wildman–Crippen LogP) is 3.54. The smallest absolute Gasteiger partial charge is 0.238 e. The van der Waals surface area contributed by atoms with Gasteiger partial charge in [-0.05, 0) is 54.7 Å². The normalized spacial score (nSPS) is 20.3. The average Bonchev–Trinajstić information content (AvgIpc) is 3.30. The van der Waals surface area contributed by atoms with Crippen molar-refractivity contribution in [3.8, 4) is 11.1 Å². The third-order valence-electron chi connectivity index (χ3n) is 6.26. The summed E-state index contributed by atoms with van der Waals surface area (Å²) in [4.78, 5) is 14.7. The summed E-state index contributed by atoms with van der Waals surface area (Å²) in [6.45, 7) is 0.555. The molecular formula is C22H26N2O3S. The summed E-state index contributed by atoms with van der Waals surface area (Å²) in [5, 5.41) is 5.34. The van der Waals surface area contributed by atoms with Crippen LogP contribution in [-0.2, 0) is 21.4 Å². The van der Waals surface area contributed by atoms with Crippen molar-refractivity contribution in [2.24, 2.45) is 16.5 Å². The Morgan fingerprint density at radius 1 is 1.11 bits per heavy atom. The number of carbonyl (C=O) groups excluding carboxylic acids is 1. The number of primary sulfonamides is 1. The van der Waals surface area contributed by atoms with E-state index in [1.54, 1.807) is 18.2 Å². The van der Waals surface area contributed by atoms with Gasteiger partial charge >= 0.3 is 0 Å². The molecule has 148 valence electrons. The molecule has 4 rings (SSSR count). The minimum atomic E-state index is -3.79. The van der Waals surface area contributed by atoms with Gasteiger partial charge in [-0.1, -0.05) is 42.5 Å². The first-order chi connectivity index (χ1) is 13.3. The molecule has 0 aliphatic heterocycles. The van der Waals surface area contributed by atoms with E-state index in [4.69, 9.17) is 5.14 Å². The molecule has 2 aromatic rings. The van der Waals surface area contributed by atoms with Gasteiger partial charge < -0.3 is 4.90 Å². The van der Waals surface area contributed by atoms with Crippen LogP contribution >= 0.6 is 0 Å². The molecule has 0 saturated heterocycles. The van der Waals surface area contributed by atoms with Crippen LogP contribution in [0.3, 0.4) is 0 Å². The molecular weight excluding hydrogens is 372 g/mol. The van der Waals surface area contributed by atoms with Gasteiger partial charge in [0.1, 0.15) is 0 Å². The lowest BCUT2D eigenvalue weighted by molar-refractivity contribution is -0.134. The molecule has 0 bridgehead atoms. The number of hydrogen-bond acceptors (Lipinski definition) is 3. The monoisotopic (exact) mass is 398 g/mol. The zero-order chi connectivity index (χ0) is 19.9. The Morgan fingerprint density at radius 2 is 1.79 bits per heavy atom. The van der Waals surface area contributed by atoms with Crippen molar-refractivity contribution in [3.63, 3.8) is 0 Å². The average molecular weight is 399 g/mol. The molecule has 0 heterocycles. The predicted molar refractivity (Wildman–Crippen MR) is 109 cm³/mol. The summed E-state index contributed by atoms with van der Waals surface area (Å²) in [6.07, 6.45) is 5.87. The van der Waals surface area contributed by atoms with Crippen LogP contribution in [0, 0.1) is 11.3 Å². The maximum atomic E-state index is 12.8. The first kappa shape index (κ1) is 19.2. The van der Waals surface area contributed by atoms with Gasteiger partial charge in [0.05, 0.1) is 4.90 Å². The summed E-state index contributed by atoms with van der Waals surface area (Å²) in [5.41, 5.74) is 2.89. The molecule has 2 N–H and O–H groups in total. The molecule has 2 aromatic carbocycles. The zero-order valence-electron chi connectivity index (χ0n) is 16.1. The van der Waals surface area contributed by atoms with Crippen LogP contribution in [0.1, 0.15) is 37.7 Å². The summed E-state index contributed by atoms with van der Waals surface area (Å²) < 4.78 is 23.6. The number of carbonyl (C=O) groups is 1. The van der Waals surface area contributed by atoms with Crippen molar-refractivity contribution >= 4 is 15.9 Å². The van der Waals surface area contributed by atoms with Crippen LogP contribution in [0.4, 0.5) is 0 Å². The van der Waals surface area contributed by atoms with Gasteiger partial charge in [0, 0.05) is 25.1 Å². The molecule has 1 spiro atoms. The number of nitrogens with two attached hydrogens (primary N) is 1. The number of rotatable bonds is 5. The van der Waals surface area contributed by atoms with E-state index in [-0.39, 0.29) is 16.7 Å². The van der Waals surface area contributed by atoms with Gasteiger partial charge in [-0.2, -0.15) is 0 Å². The second kappa shape index (κ2) is 7.01. The topological polar surface area (TPSA) is 80.5 Å². The lowest BCUT2D eigenvalue weighted by Crippen LogP contribution is -2.31. The molecule has 2 saturated carbocycles. The van der Waals surface area contributed by atoms with E-state index in [0.29, 0.717) is 17.5 Å². The van der Waals surface area contributed by atoms with Gasteiger partial charge in [0.25, 0.3) is 0 Å². The Bertz CT molecular complexity index is 995. The van der Waals surface area contributed by atoms with Crippen LogP contribution in [0.5, 0.6) is 0 Å². The van der Waals surface area contributed by atoms with Crippen molar-refractivity contribution in [3.05, 3.63) is 54.1 Å². The molecule has 5 nitrogen and oxygen atoms in total. The number of sulfonamides is 1. The van der Waals surface area contributed by atoms with E-state index in [0.717, 1.165) is 24.0 Å². The molecule has 6 heteroatoms. The molecule has 1 amide bonds. The third-order valence-corrected chi connectivity index (χ3v) is 7.23. The van der Waals surface area contributed by atoms with Gasteiger partial charge in [-0.25, -0.2) is 13.6 Å². The zero-order valence-corrected chi connectivity index (χ0v) is 16.9. The van der Waals surface area contributed by atoms with Crippen molar-refractivity contribution in [1.82, 2.24) is 4.90 Å². The molecule has 2 aliphatic rings. The van der Waals surface area contributed by atoms with E-state index in [1.165, 1.54) is 25.3 Å². The van der Waals surface area contributed by atoms with Crippen LogP contribution in [-0.4, -0.2) is 26.3 Å². The van der Waals surface area contributed by atoms with E-state index in [2.05, 4.69) is 0 Å². The number of hydrogen-bond donors (Lipinski definition) is 1. The Labute approximate surface area is 166 Å². The van der Waals surface area contributed by atoms with Crippen LogP contribution in [0.15, 0.2) is 53.4 Å². The molecule has 28 heavy (non-hydrogen) atoms. The Morgan fingerprint density at radius 3 is 2.39 bits per heavy atom. The maximum Gasteiger partial charge on any atom is 0.238 e. The van der Waals surface area contributed by atoms with Crippen LogP contribution in [0.2, 0.25) is 0 Å². The van der Waals surface area contributed by atoms with E-state index < -0.39 is 10.0 Å². The van der Waals surface area contributed by atoms with Crippen molar-refractivity contribution in [2.45, 2.75) is 43.5 Å². The molecule has 1 atom stereocenters. The summed E-state index contributed by atoms with van der Waals surface area (Å²) in [5.74, 6) is 0.417. The SMILES string of the molecule is CN(Cc1ccc(-c2ccccc2S(N)(=O)=O)cc1)C(=O)[C@H]1CCC2(CC2)C1. The largest absolute Gasteiger partial charge is 0.341 e. The quantitative estimate of drug-likeness (QED) is 0.836. The Hall–Kier alpha value is -2.18. The molecule has 2 fully saturated rings. The van der Waals surface area contributed by atoms with Gasteiger partial charge in [0.2, 0.25) is 15.9 Å². The fourth-order valence-electron chi connectivity index (χ4n) is 4.46. The summed E-state index contributed by atoms with van der Waals surface area (Å²) >= 11 is 0. The fraction of sp³-hybridized carbons (Fsp3) is 0.409. The maximum absolute atomic E-state index is 12.8. The van der Waals surface area contributed by atoms with Crippen molar-refractivity contribution < 1.29 is 13.2 Å². The number of nitrogens with zero attached hydrogens (tertiary/aromatic N) is 1. The Kier molecular flexibility index (Phi) is 4.79. The first-order valence-electron chi connectivity index (χ1n) is 9.74.